The quantitative estimate of drug-likeness (QED) is 0.805. The van der Waals surface area contributed by atoms with E-state index in [2.05, 4.69) is 10.2 Å². The van der Waals surface area contributed by atoms with Gasteiger partial charge in [-0.15, -0.1) is 10.2 Å². The number of ether oxygens (including phenoxy) is 2. The van der Waals surface area contributed by atoms with Crippen molar-refractivity contribution in [1.29, 1.82) is 0 Å². The molecule has 1 aromatic heterocycles. The van der Waals surface area contributed by atoms with Gasteiger partial charge in [0.05, 0.1) is 19.0 Å². The van der Waals surface area contributed by atoms with E-state index in [1.807, 2.05) is 11.8 Å². The van der Waals surface area contributed by atoms with Crippen LogP contribution < -0.4 is 0 Å². The number of hydrogen-bond acceptors (Lipinski definition) is 6. The highest BCUT2D eigenvalue weighted by molar-refractivity contribution is 7.98. The molecule has 0 aromatic carbocycles. The molecule has 6 heteroatoms. The summed E-state index contributed by atoms with van der Waals surface area (Å²) in [5, 5.41) is 8.34. The molecule has 0 N–H and O–H groups in total. The van der Waals surface area contributed by atoms with E-state index in [1.54, 1.807) is 7.11 Å². The third kappa shape index (κ3) is 2.73. The maximum Gasteiger partial charge on any atom is 0.250 e. The summed E-state index contributed by atoms with van der Waals surface area (Å²) in [6.45, 7) is 1.19. The molecule has 2 aliphatic carbocycles. The molecular weight excluding hydrogens is 288 g/mol. The molecule has 0 bridgehead atoms. The van der Waals surface area contributed by atoms with Gasteiger partial charge in [0.1, 0.15) is 0 Å². The number of thioether (sulfide) groups is 1. The lowest BCUT2D eigenvalue weighted by molar-refractivity contribution is -0.0415. The Morgan fingerprint density at radius 1 is 1.29 bits per heavy atom. The SMILES string of the molecule is COC1(c2nnc(CSCC3CC4CC4C3)o2)CCOC1. The third-order valence-electron chi connectivity index (χ3n) is 5.15. The Morgan fingerprint density at radius 2 is 2.14 bits per heavy atom. The van der Waals surface area contributed by atoms with Crippen molar-refractivity contribution in [2.45, 2.75) is 37.0 Å². The van der Waals surface area contributed by atoms with Gasteiger partial charge in [-0.25, -0.2) is 0 Å². The van der Waals surface area contributed by atoms with Crippen molar-refractivity contribution in [3.05, 3.63) is 11.8 Å². The molecule has 3 atom stereocenters. The van der Waals surface area contributed by atoms with Gasteiger partial charge in [0, 0.05) is 13.5 Å². The second-order valence-electron chi connectivity index (χ2n) is 6.61. The van der Waals surface area contributed by atoms with Gasteiger partial charge in [-0.3, -0.25) is 0 Å². The Balaban J connectivity index is 1.30. The number of rotatable bonds is 6. The second-order valence-corrected chi connectivity index (χ2v) is 7.64. The van der Waals surface area contributed by atoms with Gasteiger partial charge >= 0.3 is 0 Å². The summed E-state index contributed by atoms with van der Waals surface area (Å²) < 4.78 is 16.8. The molecule has 4 rings (SSSR count). The molecule has 3 unspecified atom stereocenters. The average Bonchev–Trinajstić information content (AvgIpc) is 2.98. The van der Waals surface area contributed by atoms with Crippen LogP contribution in [-0.4, -0.2) is 36.3 Å². The predicted octanol–water partition coefficient (Wildman–Crippen LogP) is 2.61. The lowest BCUT2D eigenvalue weighted by atomic mass is 10.0. The van der Waals surface area contributed by atoms with Crippen LogP contribution in [-0.2, 0) is 20.8 Å². The van der Waals surface area contributed by atoms with Gasteiger partial charge in [-0.05, 0) is 42.8 Å². The Morgan fingerprint density at radius 3 is 2.86 bits per heavy atom. The first-order valence-corrected chi connectivity index (χ1v) is 8.98. The van der Waals surface area contributed by atoms with E-state index in [1.165, 1.54) is 25.0 Å². The zero-order valence-electron chi connectivity index (χ0n) is 12.4. The van der Waals surface area contributed by atoms with E-state index in [0.29, 0.717) is 25.0 Å². The van der Waals surface area contributed by atoms with E-state index in [4.69, 9.17) is 13.9 Å². The van der Waals surface area contributed by atoms with Gasteiger partial charge in [0.15, 0.2) is 5.60 Å². The fraction of sp³-hybridized carbons (Fsp3) is 0.867. The fourth-order valence-corrected chi connectivity index (χ4v) is 4.76. The van der Waals surface area contributed by atoms with Crippen molar-refractivity contribution in [2.24, 2.45) is 17.8 Å². The summed E-state index contributed by atoms with van der Waals surface area (Å²) >= 11 is 1.92. The van der Waals surface area contributed by atoms with E-state index in [9.17, 15) is 0 Å². The normalized spacial score (nSPS) is 37.9. The third-order valence-corrected chi connectivity index (χ3v) is 6.31. The van der Waals surface area contributed by atoms with E-state index in [-0.39, 0.29) is 0 Å². The Bertz CT molecular complexity index is 491. The molecule has 3 fully saturated rings. The second kappa shape index (κ2) is 5.56. The van der Waals surface area contributed by atoms with Crippen LogP contribution in [0.25, 0.3) is 0 Å². The smallest absolute Gasteiger partial charge is 0.250 e. The molecule has 116 valence electrons. The van der Waals surface area contributed by atoms with Crippen molar-refractivity contribution in [1.82, 2.24) is 10.2 Å². The zero-order chi connectivity index (χ0) is 14.3. The molecule has 0 amide bonds. The minimum atomic E-state index is -0.525. The number of nitrogens with zero attached hydrogens (tertiary/aromatic N) is 2. The highest BCUT2D eigenvalue weighted by Crippen LogP contribution is 2.54. The first kappa shape index (κ1) is 14.0. The number of aromatic nitrogens is 2. The molecule has 1 saturated heterocycles. The van der Waals surface area contributed by atoms with Gasteiger partial charge in [0.25, 0.3) is 5.89 Å². The summed E-state index contributed by atoms with van der Waals surface area (Å²) in [5.74, 6) is 6.35. The lowest BCUT2D eigenvalue weighted by Gasteiger charge is -2.20. The summed E-state index contributed by atoms with van der Waals surface area (Å²) in [5.41, 5.74) is -0.525. The van der Waals surface area contributed by atoms with Gasteiger partial charge in [-0.1, -0.05) is 0 Å². The number of methoxy groups -OCH3 is 1. The summed E-state index contributed by atoms with van der Waals surface area (Å²) in [6, 6.07) is 0. The minimum Gasteiger partial charge on any atom is -0.421 e. The minimum absolute atomic E-state index is 0.503. The molecule has 1 aromatic rings. The number of fused-ring (bicyclic) bond motifs is 1. The van der Waals surface area contributed by atoms with Crippen molar-refractivity contribution >= 4 is 11.8 Å². The van der Waals surface area contributed by atoms with Crippen LogP contribution >= 0.6 is 11.8 Å². The van der Waals surface area contributed by atoms with Crippen molar-refractivity contribution in [3.8, 4) is 0 Å². The summed E-state index contributed by atoms with van der Waals surface area (Å²) in [6.07, 6.45) is 5.16. The van der Waals surface area contributed by atoms with E-state index >= 15 is 0 Å². The fourth-order valence-electron chi connectivity index (χ4n) is 3.75. The Hall–Kier alpha value is -0.590. The largest absolute Gasteiger partial charge is 0.421 e. The monoisotopic (exact) mass is 310 g/mol. The van der Waals surface area contributed by atoms with Crippen LogP contribution in [0.3, 0.4) is 0 Å². The molecule has 21 heavy (non-hydrogen) atoms. The standard InChI is InChI=1S/C15H22N2O3S/c1-18-15(2-3-19-9-15)14-17-16-13(20-14)8-21-7-10-4-11-6-12(11)5-10/h10-12H,2-9H2,1H3. The van der Waals surface area contributed by atoms with Crippen LogP contribution in [0.5, 0.6) is 0 Å². The van der Waals surface area contributed by atoms with Crippen LogP contribution in [0.15, 0.2) is 4.42 Å². The van der Waals surface area contributed by atoms with Crippen LogP contribution in [0.2, 0.25) is 0 Å². The zero-order valence-corrected chi connectivity index (χ0v) is 13.2. The first-order chi connectivity index (χ1) is 10.3. The summed E-state index contributed by atoms with van der Waals surface area (Å²) in [4.78, 5) is 0. The van der Waals surface area contributed by atoms with E-state index in [0.717, 1.165) is 29.9 Å². The van der Waals surface area contributed by atoms with Gasteiger partial charge in [0.2, 0.25) is 5.89 Å². The van der Waals surface area contributed by atoms with Crippen molar-refractivity contribution in [3.63, 3.8) is 0 Å². The maximum atomic E-state index is 5.81. The number of hydrogen-bond donors (Lipinski definition) is 0. The predicted molar refractivity (Wildman–Crippen MR) is 78.9 cm³/mol. The highest BCUT2D eigenvalue weighted by Gasteiger charge is 2.45. The molecule has 5 nitrogen and oxygen atoms in total. The molecule has 0 spiro atoms. The summed E-state index contributed by atoms with van der Waals surface area (Å²) in [7, 11) is 1.68. The van der Waals surface area contributed by atoms with Crippen molar-refractivity contribution < 1.29 is 13.9 Å². The molecular formula is C15H22N2O3S. The highest BCUT2D eigenvalue weighted by atomic mass is 32.2. The Kier molecular flexibility index (Phi) is 3.71. The van der Waals surface area contributed by atoms with Crippen molar-refractivity contribution in [2.75, 3.05) is 26.1 Å². The van der Waals surface area contributed by atoms with E-state index < -0.39 is 5.60 Å². The van der Waals surface area contributed by atoms with Crippen LogP contribution in [0.1, 0.15) is 37.5 Å². The lowest BCUT2D eigenvalue weighted by Crippen LogP contribution is -2.29. The Labute approximate surface area is 129 Å². The first-order valence-electron chi connectivity index (χ1n) is 7.82. The molecule has 0 radical (unpaired) electrons. The molecule has 2 saturated carbocycles. The van der Waals surface area contributed by atoms with Crippen LogP contribution in [0.4, 0.5) is 0 Å². The van der Waals surface area contributed by atoms with Crippen LogP contribution in [0, 0.1) is 17.8 Å². The molecule has 3 aliphatic rings. The topological polar surface area (TPSA) is 57.4 Å². The molecule has 1 aliphatic heterocycles. The van der Waals surface area contributed by atoms with Gasteiger partial charge < -0.3 is 13.9 Å². The average molecular weight is 310 g/mol. The maximum absolute atomic E-state index is 5.81. The molecule has 2 heterocycles. The van der Waals surface area contributed by atoms with Gasteiger partial charge in [-0.2, -0.15) is 11.8 Å².